The molecule has 22 heavy (non-hydrogen) atoms. The number of fused-ring (bicyclic) bond motifs is 1. The van der Waals surface area contributed by atoms with Gasteiger partial charge in [0.1, 0.15) is 0 Å². The zero-order chi connectivity index (χ0) is 14.8. The third-order valence-electron chi connectivity index (χ3n) is 3.49. The van der Waals surface area contributed by atoms with Crippen LogP contribution in [0, 0.1) is 0 Å². The SMILES string of the molecule is c1ccc([Se]c2c(-c3ccccc3)nc3ccccn23)cc1. The van der Waals surface area contributed by atoms with Crippen molar-refractivity contribution < 1.29 is 0 Å². The zero-order valence-corrected chi connectivity index (χ0v) is 13.6. The van der Waals surface area contributed by atoms with E-state index in [1.165, 1.54) is 14.6 Å². The van der Waals surface area contributed by atoms with Crippen molar-refractivity contribution in [3.8, 4) is 11.3 Å². The average Bonchev–Trinajstić information content (AvgIpc) is 2.95. The van der Waals surface area contributed by atoms with Crippen LogP contribution in [0.4, 0.5) is 0 Å². The topological polar surface area (TPSA) is 17.3 Å². The maximum atomic E-state index is 4.86. The van der Waals surface area contributed by atoms with E-state index in [-0.39, 0.29) is 15.0 Å². The van der Waals surface area contributed by atoms with Gasteiger partial charge in [-0.1, -0.05) is 0 Å². The Kier molecular flexibility index (Phi) is 3.51. The van der Waals surface area contributed by atoms with Crippen LogP contribution in [-0.2, 0) is 0 Å². The van der Waals surface area contributed by atoms with Crippen LogP contribution >= 0.6 is 0 Å². The fourth-order valence-corrected chi connectivity index (χ4v) is 4.61. The molecule has 0 bridgehead atoms. The first kappa shape index (κ1) is 13.3. The molecule has 0 fully saturated rings. The molecule has 0 atom stereocenters. The summed E-state index contributed by atoms with van der Waals surface area (Å²) in [5, 5.41) is 0. The van der Waals surface area contributed by atoms with Gasteiger partial charge in [-0.25, -0.2) is 0 Å². The van der Waals surface area contributed by atoms with Crippen molar-refractivity contribution in [1.82, 2.24) is 9.38 Å². The van der Waals surface area contributed by atoms with Gasteiger partial charge in [-0.05, 0) is 0 Å². The molecular formula is C19H14N2Se. The van der Waals surface area contributed by atoms with E-state index in [4.69, 9.17) is 4.98 Å². The molecule has 0 aliphatic heterocycles. The van der Waals surface area contributed by atoms with Crippen molar-refractivity contribution in [3.63, 3.8) is 0 Å². The van der Waals surface area contributed by atoms with Crippen LogP contribution in [0.15, 0.2) is 85.1 Å². The number of hydrogen-bond donors (Lipinski definition) is 0. The standard InChI is InChI=1S/C19H14N2Se/c1-3-9-15(10-4-1)18-19(22-16-11-5-2-6-12-16)21-14-8-7-13-17(21)20-18/h1-14H. The molecule has 0 saturated heterocycles. The van der Waals surface area contributed by atoms with E-state index in [1.807, 2.05) is 12.1 Å². The predicted molar refractivity (Wildman–Crippen MR) is 92.1 cm³/mol. The van der Waals surface area contributed by atoms with Gasteiger partial charge in [-0.2, -0.15) is 0 Å². The van der Waals surface area contributed by atoms with E-state index in [9.17, 15) is 0 Å². The molecule has 0 N–H and O–H groups in total. The fourth-order valence-electron chi connectivity index (χ4n) is 2.46. The molecule has 2 heterocycles. The number of hydrogen-bond acceptors (Lipinski definition) is 1. The van der Waals surface area contributed by atoms with Crippen molar-refractivity contribution in [2.24, 2.45) is 0 Å². The second-order valence-corrected chi connectivity index (χ2v) is 7.20. The molecule has 0 aliphatic carbocycles. The number of nitrogens with zero attached hydrogens (tertiary/aromatic N) is 2. The molecule has 2 aromatic carbocycles. The third-order valence-corrected chi connectivity index (χ3v) is 5.78. The summed E-state index contributed by atoms with van der Waals surface area (Å²) < 4.78 is 4.87. The van der Waals surface area contributed by atoms with Crippen LogP contribution in [-0.4, -0.2) is 24.3 Å². The number of imidazole rings is 1. The molecular weight excluding hydrogens is 335 g/mol. The summed E-state index contributed by atoms with van der Waals surface area (Å²) in [4.78, 5) is 4.86. The Labute approximate surface area is 135 Å². The molecule has 106 valence electrons. The van der Waals surface area contributed by atoms with Crippen molar-refractivity contribution in [2.75, 3.05) is 0 Å². The minimum atomic E-state index is 0.215. The quantitative estimate of drug-likeness (QED) is 0.520. The first-order valence-corrected chi connectivity index (χ1v) is 8.88. The summed E-state index contributed by atoms with van der Waals surface area (Å²) >= 11 is 0.215. The maximum absolute atomic E-state index is 4.86. The van der Waals surface area contributed by atoms with Gasteiger partial charge < -0.3 is 0 Å². The van der Waals surface area contributed by atoms with Gasteiger partial charge in [0.15, 0.2) is 0 Å². The summed E-state index contributed by atoms with van der Waals surface area (Å²) in [5.74, 6) is 0. The van der Waals surface area contributed by atoms with Crippen molar-refractivity contribution in [3.05, 3.63) is 85.1 Å². The van der Waals surface area contributed by atoms with Crippen LogP contribution in [0.1, 0.15) is 0 Å². The Hall–Kier alpha value is -2.35. The van der Waals surface area contributed by atoms with E-state index in [0.717, 1.165) is 11.3 Å². The van der Waals surface area contributed by atoms with Gasteiger partial charge in [0.05, 0.1) is 0 Å². The molecule has 3 heteroatoms. The predicted octanol–water partition coefficient (Wildman–Crippen LogP) is 2.66. The Morgan fingerprint density at radius 1 is 0.727 bits per heavy atom. The van der Waals surface area contributed by atoms with Gasteiger partial charge in [-0.3, -0.25) is 0 Å². The fraction of sp³-hybridized carbons (Fsp3) is 0. The van der Waals surface area contributed by atoms with Crippen molar-refractivity contribution in [1.29, 1.82) is 0 Å². The van der Waals surface area contributed by atoms with Gasteiger partial charge >= 0.3 is 135 Å². The van der Waals surface area contributed by atoms with Crippen LogP contribution in [0.5, 0.6) is 0 Å². The molecule has 0 spiro atoms. The van der Waals surface area contributed by atoms with E-state index >= 15 is 0 Å². The zero-order valence-electron chi connectivity index (χ0n) is 11.9. The number of benzene rings is 2. The molecule has 0 saturated carbocycles. The van der Waals surface area contributed by atoms with Crippen LogP contribution in [0.3, 0.4) is 0 Å². The molecule has 0 aliphatic rings. The first-order valence-electron chi connectivity index (χ1n) is 7.17. The Bertz CT molecular complexity index is 899. The molecule has 0 unspecified atom stereocenters. The molecule has 4 aromatic rings. The summed E-state index contributed by atoms with van der Waals surface area (Å²) in [6.07, 6.45) is 2.11. The first-order chi connectivity index (χ1) is 10.9. The van der Waals surface area contributed by atoms with Crippen LogP contribution in [0.25, 0.3) is 16.9 Å². The average molecular weight is 349 g/mol. The Balaban J connectivity index is 1.91. The number of pyridine rings is 1. The summed E-state index contributed by atoms with van der Waals surface area (Å²) in [7, 11) is 0. The molecule has 2 nitrogen and oxygen atoms in total. The van der Waals surface area contributed by atoms with E-state index < -0.39 is 0 Å². The van der Waals surface area contributed by atoms with Crippen LogP contribution in [0.2, 0.25) is 0 Å². The van der Waals surface area contributed by atoms with Gasteiger partial charge in [0.25, 0.3) is 0 Å². The van der Waals surface area contributed by atoms with E-state index in [2.05, 4.69) is 77.3 Å². The number of rotatable bonds is 3. The third kappa shape index (κ3) is 2.45. The van der Waals surface area contributed by atoms with Crippen LogP contribution < -0.4 is 9.05 Å². The minimum absolute atomic E-state index is 0.215. The van der Waals surface area contributed by atoms with Gasteiger partial charge in [-0.15, -0.1) is 0 Å². The van der Waals surface area contributed by atoms with Crippen molar-refractivity contribution >= 4 is 29.7 Å². The van der Waals surface area contributed by atoms with Gasteiger partial charge in [0, 0.05) is 0 Å². The second-order valence-electron chi connectivity index (χ2n) is 4.98. The van der Waals surface area contributed by atoms with E-state index in [1.54, 1.807) is 0 Å². The normalized spacial score (nSPS) is 10.9. The Morgan fingerprint density at radius 3 is 2.18 bits per heavy atom. The van der Waals surface area contributed by atoms with Gasteiger partial charge in [0.2, 0.25) is 0 Å². The monoisotopic (exact) mass is 350 g/mol. The second kappa shape index (κ2) is 5.80. The van der Waals surface area contributed by atoms with E-state index in [0.29, 0.717) is 0 Å². The Morgan fingerprint density at radius 2 is 1.41 bits per heavy atom. The summed E-state index contributed by atoms with van der Waals surface area (Å²) in [5.41, 5.74) is 3.28. The van der Waals surface area contributed by atoms with Crippen molar-refractivity contribution in [2.45, 2.75) is 0 Å². The summed E-state index contributed by atoms with van der Waals surface area (Å²) in [6, 6.07) is 27.3. The summed E-state index contributed by atoms with van der Waals surface area (Å²) in [6.45, 7) is 0. The molecule has 4 rings (SSSR count). The molecule has 0 amide bonds. The number of aromatic nitrogens is 2. The molecule has 2 aromatic heterocycles. The molecule has 0 radical (unpaired) electrons.